The molecule has 0 radical (unpaired) electrons. The number of aromatic nitrogens is 1. The first-order valence-electron chi connectivity index (χ1n) is 13.1. The average Bonchev–Trinajstić information content (AvgIpc) is 3.30. The van der Waals surface area contributed by atoms with Crippen LogP contribution in [0.25, 0.3) is 33.0 Å². The molecular weight excluding hydrogens is 500 g/mol. The summed E-state index contributed by atoms with van der Waals surface area (Å²) in [5.74, 6) is 1.61. The van der Waals surface area contributed by atoms with Crippen LogP contribution in [0.5, 0.6) is 11.5 Å². The lowest BCUT2D eigenvalue weighted by Gasteiger charge is -2.27. The fourth-order valence-corrected chi connectivity index (χ4v) is 6.39. The molecule has 194 valence electrons. The third-order valence-corrected chi connectivity index (χ3v) is 8.45. The van der Waals surface area contributed by atoms with Gasteiger partial charge in [0.15, 0.2) is 0 Å². The van der Waals surface area contributed by atoms with Crippen molar-refractivity contribution in [1.29, 1.82) is 0 Å². The summed E-state index contributed by atoms with van der Waals surface area (Å²) in [6, 6.07) is 31.8. The first kappa shape index (κ1) is 25.0. The topological polar surface area (TPSA) is 25.6 Å². The van der Waals surface area contributed by atoms with Gasteiger partial charge in [0.25, 0.3) is 5.01 Å². The molecule has 0 fully saturated rings. The van der Waals surface area contributed by atoms with E-state index in [1.165, 1.54) is 37.6 Å². The monoisotopic (exact) mass is 531 g/mol. The number of anilines is 1. The van der Waals surface area contributed by atoms with Crippen molar-refractivity contribution in [2.24, 2.45) is 7.05 Å². The van der Waals surface area contributed by atoms with Crippen molar-refractivity contribution < 1.29 is 14.0 Å². The van der Waals surface area contributed by atoms with Gasteiger partial charge in [-0.25, -0.2) is 0 Å². The van der Waals surface area contributed by atoms with E-state index in [1.54, 1.807) is 25.6 Å². The normalized spacial score (nSPS) is 13.6. The fraction of sp³-hybridized carbons (Fsp3) is 0.147. The second kappa shape index (κ2) is 10.8. The van der Waals surface area contributed by atoms with Crippen LogP contribution in [-0.4, -0.2) is 20.8 Å². The van der Waals surface area contributed by atoms with Crippen molar-refractivity contribution in [3.63, 3.8) is 0 Å². The van der Waals surface area contributed by atoms with Crippen LogP contribution in [-0.2, 0) is 13.5 Å². The van der Waals surface area contributed by atoms with Crippen molar-refractivity contribution in [2.75, 3.05) is 25.7 Å². The number of methoxy groups -OCH3 is 2. The number of benzene rings is 4. The van der Waals surface area contributed by atoms with Gasteiger partial charge in [-0.3, -0.25) is 0 Å². The van der Waals surface area contributed by atoms with Crippen LogP contribution >= 0.6 is 11.3 Å². The van der Waals surface area contributed by atoms with E-state index in [-0.39, 0.29) is 0 Å². The number of thiazole rings is 1. The summed E-state index contributed by atoms with van der Waals surface area (Å²) in [5, 5.41) is 1.20. The van der Waals surface area contributed by atoms with Gasteiger partial charge in [0, 0.05) is 36.1 Å². The minimum absolute atomic E-state index is 0.803. The highest BCUT2D eigenvalue weighted by atomic mass is 32.1. The zero-order valence-electron chi connectivity index (χ0n) is 22.4. The molecule has 1 aromatic heterocycles. The van der Waals surface area contributed by atoms with Crippen molar-refractivity contribution in [1.82, 2.24) is 0 Å². The molecule has 6 rings (SSSR count). The molecule has 5 heteroatoms. The van der Waals surface area contributed by atoms with E-state index in [1.807, 2.05) is 18.2 Å². The Morgan fingerprint density at radius 2 is 1.59 bits per heavy atom. The molecule has 0 aliphatic carbocycles. The van der Waals surface area contributed by atoms with E-state index in [0.717, 1.165) is 35.6 Å². The maximum atomic E-state index is 5.67. The largest absolute Gasteiger partial charge is 0.496 e. The van der Waals surface area contributed by atoms with Gasteiger partial charge in [-0.2, -0.15) is 4.57 Å². The van der Waals surface area contributed by atoms with Gasteiger partial charge in [-0.1, -0.05) is 65.9 Å². The Labute approximate surface area is 233 Å². The van der Waals surface area contributed by atoms with E-state index >= 15 is 0 Å². The summed E-state index contributed by atoms with van der Waals surface area (Å²) in [7, 11) is 5.54. The lowest BCUT2D eigenvalue weighted by Crippen LogP contribution is -2.29. The van der Waals surface area contributed by atoms with Crippen LogP contribution in [0.4, 0.5) is 5.69 Å². The molecule has 0 atom stereocenters. The summed E-state index contributed by atoms with van der Waals surface area (Å²) in [6.07, 6.45) is 7.76. The summed E-state index contributed by atoms with van der Waals surface area (Å²) >= 11 is 1.79. The predicted molar refractivity (Wildman–Crippen MR) is 162 cm³/mol. The van der Waals surface area contributed by atoms with Crippen LogP contribution < -0.4 is 18.9 Å². The maximum Gasteiger partial charge on any atom is 0.263 e. The Bertz CT molecular complexity index is 1680. The van der Waals surface area contributed by atoms with Gasteiger partial charge < -0.3 is 14.4 Å². The predicted octanol–water partition coefficient (Wildman–Crippen LogP) is 7.53. The first-order chi connectivity index (χ1) is 19.2. The quantitative estimate of drug-likeness (QED) is 0.203. The number of rotatable bonds is 7. The van der Waals surface area contributed by atoms with Gasteiger partial charge >= 0.3 is 0 Å². The number of fused-ring (bicyclic) bond motifs is 2. The molecule has 0 unspecified atom stereocenters. The summed E-state index contributed by atoms with van der Waals surface area (Å²) in [5.41, 5.74) is 8.32. The molecule has 0 saturated carbocycles. The SMILES string of the molecule is COc1cccc(OC)c1-c1ccc2c(c1)sc(C=C1C=CN(CCc3ccccc3)c3ccccc31)[n+]2C. The average molecular weight is 532 g/mol. The third-order valence-electron chi connectivity index (χ3n) is 7.30. The van der Waals surface area contributed by atoms with Crippen molar-refractivity contribution in [3.05, 3.63) is 119 Å². The molecule has 0 N–H and O–H groups in total. The fourth-order valence-electron chi connectivity index (χ4n) is 5.25. The number of allylic oxidation sites excluding steroid dienone is 2. The first-order valence-corrected chi connectivity index (χ1v) is 13.9. The van der Waals surface area contributed by atoms with Gasteiger partial charge in [-0.15, -0.1) is 0 Å². The minimum Gasteiger partial charge on any atom is -0.496 e. The standard InChI is InChI=1S/C34H31N2O2S/c1-35-29-17-16-26(34-30(37-2)14-9-15-31(34)38-3)22-32(29)39-33(35)23-25-19-21-36(28-13-8-7-12-27(25)28)20-18-24-10-5-4-6-11-24/h4-17,19,21-23H,18,20H2,1-3H3/q+1. The lowest BCUT2D eigenvalue weighted by atomic mass is 9.99. The molecule has 39 heavy (non-hydrogen) atoms. The van der Waals surface area contributed by atoms with Crippen LogP contribution in [0, 0.1) is 0 Å². The zero-order chi connectivity index (χ0) is 26.8. The molecule has 1 aliphatic heterocycles. The Morgan fingerprint density at radius 1 is 0.846 bits per heavy atom. The molecule has 1 aliphatic rings. The summed E-state index contributed by atoms with van der Waals surface area (Å²) < 4.78 is 14.8. The Hall–Kier alpha value is -4.35. The number of aryl methyl sites for hydroxylation is 1. The number of nitrogens with zero attached hydrogens (tertiary/aromatic N) is 2. The van der Waals surface area contributed by atoms with E-state index in [4.69, 9.17) is 9.47 Å². The molecule has 0 bridgehead atoms. The molecule has 0 spiro atoms. The van der Waals surface area contributed by atoms with Crippen molar-refractivity contribution in [2.45, 2.75) is 6.42 Å². The van der Waals surface area contributed by atoms with Gasteiger partial charge in [-0.05, 0) is 59.5 Å². The molecule has 4 nitrogen and oxygen atoms in total. The molecule has 4 aromatic carbocycles. The molecule has 2 heterocycles. The number of hydrogen-bond acceptors (Lipinski definition) is 4. The van der Waals surface area contributed by atoms with E-state index < -0.39 is 0 Å². The summed E-state index contributed by atoms with van der Waals surface area (Å²) in [6.45, 7) is 0.941. The Morgan fingerprint density at radius 3 is 2.36 bits per heavy atom. The second-order valence-electron chi connectivity index (χ2n) is 9.58. The van der Waals surface area contributed by atoms with E-state index in [0.29, 0.717) is 0 Å². The highest BCUT2D eigenvalue weighted by Gasteiger charge is 2.21. The lowest BCUT2D eigenvalue weighted by molar-refractivity contribution is -0.642. The second-order valence-corrected chi connectivity index (χ2v) is 10.6. The minimum atomic E-state index is 0.803. The number of ether oxygens (including phenoxy) is 2. The summed E-state index contributed by atoms with van der Waals surface area (Å²) in [4.78, 5) is 2.36. The van der Waals surface area contributed by atoms with E-state index in [2.05, 4.69) is 108 Å². The zero-order valence-corrected chi connectivity index (χ0v) is 23.2. The van der Waals surface area contributed by atoms with Gasteiger partial charge in [0.05, 0.1) is 19.8 Å². The smallest absolute Gasteiger partial charge is 0.263 e. The highest BCUT2D eigenvalue weighted by molar-refractivity contribution is 7.19. The van der Waals surface area contributed by atoms with Crippen LogP contribution in [0.2, 0.25) is 0 Å². The Balaban J connectivity index is 1.35. The highest BCUT2D eigenvalue weighted by Crippen LogP contribution is 2.40. The van der Waals surface area contributed by atoms with Crippen LogP contribution in [0.3, 0.4) is 0 Å². The van der Waals surface area contributed by atoms with Crippen LogP contribution in [0.15, 0.2) is 103 Å². The Kier molecular flexibility index (Phi) is 6.91. The van der Waals surface area contributed by atoms with Crippen molar-refractivity contribution in [3.8, 4) is 22.6 Å². The van der Waals surface area contributed by atoms with Crippen molar-refractivity contribution >= 4 is 38.9 Å². The molecule has 5 aromatic rings. The number of para-hydroxylation sites is 1. The maximum absolute atomic E-state index is 5.67. The van der Waals surface area contributed by atoms with Gasteiger partial charge in [0.2, 0.25) is 5.52 Å². The molecule has 0 amide bonds. The number of hydrogen-bond donors (Lipinski definition) is 0. The van der Waals surface area contributed by atoms with Crippen LogP contribution in [0.1, 0.15) is 16.1 Å². The third kappa shape index (κ3) is 4.82. The molecular formula is C34H31N2O2S+. The molecule has 0 saturated heterocycles. The van der Waals surface area contributed by atoms with Gasteiger partial charge in [0.1, 0.15) is 23.2 Å². The van der Waals surface area contributed by atoms with E-state index in [9.17, 15) is 0 Å².